The van der Waals surface area contributed by atoms with Gasteiger partial charge in [0.15, 0.2) is 0 Å². The number of hydrogen-bond acceptors (Lipinski definition) is 3. The van der Waals surface area contributed by atoms with E-state index in [4.69, 9.17) is 5.14 Å². The van der Waals surface area contributed by atoms with Crippen molar-refractivity contribution in [3.63, 3.8) is 0 Å². The molecule has 0 bridgehead atoms. The molecular formula is C9H13FN2O2S. The Morgan fingerprint density at radius 3 is 2.73 bits per heavy atom. The molecule has 0 saturated heterocycles. The van der Waals surface area contributed by atoms with Gasteiger partial charge >= 0.3 is 0 Å². The molecule has 0 fully saturated rings. The van der Waals surface area contributed by atoms with Crippen LogP contribution in [0.15, 0.2) is 18.2 Å². The monoisotopic (exact) mass is 232 g/mol. The topological polar surface area (TPSA) is 72.2 Å². The molecule has 4 nitrogen and oxygen atoms in total. The molecule has 0 spiro atoms. The first-order chi connectivity index (χ1) is 6.88. The highest BCUT2D eigenvalue weighted by atomic mass is 32.2. The smallest absolute Gasteiger partial charge is 0.210 e. The van der Waals surface area contributed by atoms with Crippen LogP contribution >= 0.6 is 0 Å². The number of sulfonamides is 1. The average Bonchev–Trinajstić information content (AvgIpc) is 2.09. The Hall–Kier alpha value is -1.14. The van der Waals surface area contributed by atoms with E-state index in [0.717, 1.165) is 5.56 Å². The van der Waals surface area contributed by atoms with E-state index in [1.165, 1.54) is 6.07 Å². The summed E-state index contributed by atoms with van der Waals surface area (Å²) >= 11 is 0. The number of anilines is 1. The van der Waals surface area contributed by atoms with Crippen molar-refractivity contribution in [1.82, 2.24) is 0 Å². The number of primary sulfonamides is 1. The molecule has 6 heteroatoms. The summed E-state index contributed by atoms with van der Waals surface area (Å²) in [6.45, 7) is 1.92. The summed E-state index contributed by atoms with van der Waals surface area (Å²) in [6.07, 6.45) is 0. The summed E-state index contributed by atoms with van der Waals surface area (Å²) in [5, 5.41) is 7.48. The van der Waals surface area contributed by atoms with Crippen LogP contribution in [-0.4, -0.2) is 20.7 Å². The van der Waals surface area contributed by atoms with Crippen LogP contribution < -0.4 is 10.5 Å². The van der Waals surface area contributed by atoms with Crippen molar-refractivity contribution in [2.75, 3.05) is 17.6 Å². The van der Waals surface area contributed by atoms with E-state index < -0.39 is 15.8 Å². The van der Waals surface area contributed by atoms with Crippen LogP contribution in [0.4, 0.5) is 10.1 Å². The van der Waals surface area contributed by atoms with Crippen LogP contribution in [0.5, 0.6) is 0 Å². The van der Waals surface area contributed by atoms with Gasteiger partial charge in [-0.3, -0.25) is 0 Å². The number of aryl methyl sites for hydroxylation is 1. The Morgan fingerprint density at radius 1 is 1.47 bits per heavy atom. The summed E-state index contributed by atoms with van der Waals surface area (Å²) < 4.78 is 34.4. The van der Waals surface area contributed by atoms with E-state index in [1.807, 2.05) is 6.92 Å². The maximum atomic E-state index is 13.1. The molecule has 0 heterocycles. The fourth-order valence-electron chi connectivity index (χ4n) is 1.10. The summed E-state index contributed by atoms with van der Waals surface area (Å²) in [4.78, 5) is 0. The Balaban J connectivity index is 2.61. The summed E-state index contributed by atoms with van der Waals surface area (Å²) in [6, 6.07) is 4.58. The normalized spacial score (nSPS) is 11.4. The standard InChI is InChI=1S/C9H13FN2O2S/c1-7-2-3-8(10)9(6-7)12-4-5-15(11,13)14/h2-3,6,12H,4-5H2,1H3,(H2,11,13,14). The van der Waals surface area contributed by atoms with Gasteiger partial charge in [0.2, 0.25) is 10.0 Å². The Labute approximate surface area is 88.3 Å². The van der Waals surface area contributed by atoms with Crippen LogP contribution in [0, 0.1) is 12.7 Å². The maximum Gasteiger partial charge on any atom is 0.210 e. The van der Waals surface area contributed by atoms with Crippen LogP contribution in [0.25, 0.3) is 0 Å². The second-order valence-corrected chi connectivity index (χ2v) is 5.01. The van der Waals surface area contributed by atoms with Gasteiger partial charge in [-0.2, -0.15) is 0 Å². The first-order valence-corrected chi connectivity index (χ1v) is 6.10. The highest BCUT2D eigenvalue weighted by Gasteiger charge is 2.04. The molecule has 3 N–H and O–H groups in total. The minimum absolute atomic E-state index is 0.0964. The number of hydrogen-bond donors (Lipinski definition) is 2. The predicted octanol–water partition coefficient (Wildman–Crippen LogP) is 0.835. The second-order valence-electron chi connectivity index (χ2n) is 3.28. The molecule has 1 aromatic rings. The predicted molar refractivity (Wildman–Crippen MR) is 57.6 cm³/mol. The number of halogens is 1. The fraction of sp³-hybridized carbons (Fsp3) is 0.333. The molecule has 0 radical (unpaired) electrons. The van der Waals surface area contributed by atoms with E-state index in [1.54, 1.807) is 12.1 Å². The minimum Gasteiger partial charge on any atom is -0.382 e. The Morgan fingerprint density at radius 2 is 2.13 bits per heavy atom. The quantitative estimate of drug-likeness (QED) is 0.807. The number of rotatable bonds is 4. The molecule has 15 heavy (non-hydrogen) atoms. The first-order valence-electron chi connectivity index (χ1n) is 4.39. The van der Waals surface area contributed by atoms with E-state index in [9.17, 15) is 12.8 Å². The van der Waals surface area contributed by atoms with Gasteiger partial charge < -0.3 is 5.32 Å². The molecule has 0 aromatic heterocycles. The lowest BCUT2D eigenvalue weighted by Crippen LogP contribution is -2.22. The SMILES string of the molecule is Cc1ccc(F)c(NCCS(N)(=O)=O)c1. The summed E-state index contributed by atoms with van der Waals surface area (Å²) in [5.41, 5.74) is 1.19. The summed E-state index contributed by atoms with van der Waals surface area (Å²) in [7, 11) is -3.50. The highest BCUT2D eigenvalue weighted by Crippen LogP contribution is 2.14. The molecule has 0 saturated carbocycles. The van der Waals surface area contributed by atoms with E-state index >= 15 is 0 Å². The van der Waals surface area contributed by atoms with Crippen LogP contribution in [0.2, 0.25) is 0 Å². The van der Waals surface area contributed by atoms with E-state index in [0.29, 0.717) is 5.69 Å². The Kier molecular flexibility index (Phi) is 3.65. The average molecular weight is 232 g/mol. The zero-order chi connectivity index (χ0) is 11.5. The van der Waals surface area contributed by atoms with Crippen molar-refractivity contribution >= 4 is 15.7 Å². The zero-order valence-corrected chi connectivity index (χ0v) is 9.14. The van der Waals surface area contributed by atoms with Gasteiger partial charge in [-0.25, -0.2) is 17.9 Å². The molecule has 1 rings (SSSR count). The minimum atomic E-state index is -3.50. The van der Waals surface area contributed by atoms with Gasteiger partial charge in [0.1, 0.15) is 5.82 Å². The fourth-order valence-corrected chi connectivity index (χ4v) is 1.49. The van der Waals surface area contributed by atoms with Gasteiger partial charge in [0, 0.05) is 6.54 Å². The number of benzene rings is 1. The van der Waals surface area contributed by atoms with Crippen LogP contribution in [0.1, 0.15) is 5.56 Å². The van der Waals surface area contributed by atoms with Crippen molar-refractivity contribution in [3.05, 3.63) is 29.6 Å². The maximum absolute atomic E-state index is 13.1. The number of nitrogens with two attached hydrogens (primary N) is 1. The molecule has 0 unspecified atom stereocenters. The van der Waals surface area contributed by atoms with E-state index in [-0.39, 0.29) is 12.3 Å². The van der Waals surface area contributed by atoms with Crippen molar-refractivity contribution < 1.29 is 12.8 Å². The molecule has 0 aliphatic heterocycles. The zero-order valence-electron chi connectivity index (χ0n) is 8.33. The third kappa shape index (κ3) is 4.26. The van der Waals surface area contributed by atoms with Gasteiger partial charge in [-0.1, -0.05) is 6.07 Å². The third-order valence-corrected chi connectivity index (χ3v) is 2.60. The molecule has 0 aliphatic rings. The van der Waals surface area contributed by atoms with Crippen LogP contribution in [-0.2, 0) is 10.0 Å². The summed E-state index contributed by atoms with van der Waals surface area (Å²) in [5.74, 6) is -0.629. The molecule has 0 atom stereocenters. The molecular weight excluding hydrogens is 219 g/mol. The lowest BCUT2D eigenvalue weighted by molar-refractivity contribution is 0.597. The third-order valence-electron chi connectivity index (χ3n) is 1.82. The Bertz CT molecular complexity index is 445. The van der Waals surface area contributed by atoms with Crippen molar-refractivity contribution in [2.24, 2.45) is 5.14 Å². The highest BCUT2D eigenvalue weighted by molar-refractivity contribution is 7.89. The molecule has 0 amide bonds. The van der Waals surface area contributed by atoms with E-state index in [2.05, 4.69) is 5.32 Å². The van der Waals surface area contributed by atoms with Gasteiger partial charge in [0.05, 0.1) is 11.4 Å². The van der Waals surface area contributed by atoms with Gasteiger partial charge in [-0.05, 0) is 24.6 Å². The molecule has 84 valence electrons. The van der Waals surface area contributed by atoms with Gasteiger partial charge in [0.25, 0.3) is 0 Å². The van der Waals surface area contributed by atoms with Crippen molar-refractivity contribution in [1.29, 1.82) is 0 Å². The molecule has 1 aromatic carbocycles. The van der Waals surface area contributed by atoms with Crippen molar-refractivity contribution in [2.45, 2.75) is 6.92 Å². The number of nitrogens with one attached hydrogen (secondary N) is 1. The first kappa shape index (κ1) is 11.9. The lowest BCUT2D eigenvalue weighted by Gasteiger charge is -2.07. The van der Waals surface area contributed by atoms with Gasteiger partial charge in [-0.15, -0.1) is 0 Å². The lowest BCUT2D eigenvalue weighted by atomic mass is 10.2. The molecule has 0 aliphatic carbocycles. The van der Waals surface area contributed by atoms with Crippen molar-refractivity contribution in [3.8, 4) is 0 Å². The second kappa shape index (κ2) is 4.59. The largest absolute Gasteiger partial charge is 0.382 e. The van der Waals surface area contributed by atoms with Crippen LogP contribution in [0.3, 0.4) is 0 Å².